The maximum Gasteiger partial charge on any atom is -0.00751 e. The van der Waals surface area contributed by atoms with E-state index in [1.807, 2.05) is 0 Å². The summed E-state index contributed by atoms with van der Waals surface area (Å²) in [5.41, 5.74) is 4.85. The van der Waals surface area contributed by atoms with Gasteiger partial charge in [0.2, 0.25) is 0 Å². The maximum atomic E-state index is 2.44. The van der Waals surface area contributed by atoms with Gasteiger partial charge in [0.25, 0.3) is 0 Å². The molecule has 0 aliphatic heterocycles. The van der Waals surface area contributed by atoms with Gasteiger partial charge in [-0.25, -0.2) is 0 Å². The molecule has 0 N–H and O–H groups in total. The van der Waals surface area contributed by atoms with Gasteiger partial charge < -0.3 is 0 Å². The number of benzene rings is 1. The summed E-state index contributed by atoms with van der Waals surface area (Å²) in [6.45, 7) is 6.87. The molecule has 1 aliphatic rings. The van der Waals surface area contributed by atoms with Gasteiger partial charge in [-0.15, -0.1) is 0 Å². The summed E-state index contributed by atoms with van der Waals surface area (Å²) in [5, 5.41) is 0. The molecule has 1 aliphatic carbocycles. The van der Waals surface area contributed by atoms with Crippen LogP contribution >= 0.6 is 0 Å². The van der Waals surface area contributed by atoms with Gasteiger partial charge in [0.15, 0.2) is 0 Å². The highest BCUT2D eigenvalue weighted by atomic mass is 14.3. The predicted molar refractivity (Wildman–Crippen MR) is 66.4 cm³/mol. The van der Waals surface area contributed by atoms with Crippen molar-refractivity contribution in [1.82, 2.24) is 0 Å². The van der Waals surface area contributed by atoms with Gasteiger partial charge in [-0.1, -0.05) is 55.5 Å². The normalized spacial score (nSPS) is 20.2. The van der Waals surface area contributed by atoms with Crippen molar-refractivity contribution in [2.24, 2.45) is 0 Å². The highest BCUT2D eigenvalue weighted by molar-refractivity contribution is 5.33. The minimum atomic E-state index is 0.453. The summed E-state index contributed by atoms with van der Waals surface area (Å²) in [5.74, 6) is 0. The van der Waals surface area contributed by atoms with Crippen LogP contribution in [-0.4, -0.2) is 0 Å². The summed E-state index contributed by atoms with van der Waals surface area (Å²) >= 11 is 0. The molecule has 1 aromatic carbocycles. The molecule has 15 heavy (non-hydrogen) atoms. The van der Waals surface area contributed by atoms with Crippen molar-refractivity contribution in [1.29, 1.82) is 0 Å². The molecule has 2 rings (SSSR count). The van der Waals surface area contributed by atoms with Crippen molar-refractivity contribution >= 4 is 0 Å². The summed E-state index contributed by atoms with van der Waals surface area (Å²) in [4.78, 5) is 0. The van der Waals surface area contributed by atoms with E-state index in [0.29, 0.717) is 5.41 Å². The summed E-state index contributed by atoms with van der Waals surface area (Å²) < 4.78 is 0. The van der Waals surface area contributed by atoms with Crippen LogP contribution in [0.1, 0.15) is 55.7 Å². The number of hydrogen-bond donors (Lipinski definition) is 0. The van der Waals surface area contributed by atoms with Gasteiger partial charge >= 0.3 is 0 Å². The monoisotopic (exact) mass is 202 g/mol. The predicted octanol–water partition coefficient (Wildman–Crippen LogP) is 4.53. The largest absolute Gasteiger partial charge is 0.0564 e. The molecule has 0 aromatic heterocycles. The number of hydrogen-bond acceptors (Lipinski definition) is 0. The van der Waals surface area contributed by atoms with E-state index < -0.39 is 0 Å². The van der Waals surface area contributed by atoms with Crippen LogP contribution in [0.15, 0.2) is 18.2 Å². The molecule has 0 saturated heterocycles. The fraction of sp³-hybridized carbons (Fsp3) is 0.600. The standard InChI is InChI=1S/C15H22/c1-12-9-13(2)11-14(10-12)15(3)7-5-4-6-8-15/h9-11H,4-8H2,1-3H3. The van der Waals surface area contributed by atoms with E-state index in [2.05, 4.69) is 39.0 Å². The SMILES string of the molecule is Cc1cc(C)cc(C2(C)CCCCC2)c1. The topological polar surface area (TPSA) is 0 Å². The molecule has 0 unspecified atom stereocenters. The zero-order chi connectivity index (χ0) is 10.9. The highest BCUT2D eigenvalue weighted by Gasteiger charge is 2.28. The zero-order valence-electron chi connectivity index (χ0n) is 10.3. The van der Waals surface area contributed by atoms with Crippen LogP contribution in [0.25, 0.3) is 0 Å². The second-order valence-electron chi connectivity index (χ2n) is 5.50. The Balaban J connectivity index is 2.34. The molecule has 0 atom stereocenters. The lowest BCUT2D eigenvalue weighted by molar-refractivity contribution is 0.319. The van der Waals surface area contributed by atoms with E-state index >= 15 is 0 Å². The van der Waals surface area contributed by atoms with Crippen LogP contribution in [0.3, 0.4) is 0 Å². The molecular weight excluding hydrogens is 180 g/mol. The van der Waals surface area contributed by atoms with Gasteiger partial charge in [-0.2, -0.15) is 0 Å². The van der Waals surface area contributed by atoms with E-state index in [4.69, 9.17) is 0 Å². The van der Waals surface area contributed by atoms with E-state index in [0.717, 1.165) is 0 Å². The van der Waals surface area contributed by atoms with Crippen molar-refractivity contribution in [3.63, 3.8) is 0 Å². The maximum absolute atomic E-state index is 2.44. The minimum Gasteiger partial charge on any atom is -0.0564 e. The quantitative estimate of drug-likeness (QED) is 0.628. The lowest BCUT2D eigenvalue weighted by Gasteiger charge is -2.34. The third-order valence-electron chi connectivity index (χ3n) is 3.88. The lowest BCUT2D eigenvalue weighted by Crippen LogP contribution is -2.25. The van der Waals surface area contributed by atoms with Crippen LogP contribution in [0.5, 0.6) is 0 Å². The smallest absolute Gasteiger partial charge is 0.00751 e. The Morgan fingerprint density at radius 3 is 1.93 bits per heavy atom. The first-order chi connectivity index (χ1) is 7.10. The van der Waals surface area contributed by atoms with Crippen LogP contribution < -0.4 is 0 Å². The lowest BCUT2D eigenvalue weighted by atomic mass is 9.70. The highest BCUT2D eigenvalue weighted by Crippen LogP contribution is 2.39. The molecule has 0 bridgehead atoms. The van der Waals surface area contributed by atoms with E-state index in [1.54, 1.807) is 5.56 Å². The summed E-state index contributed by atoms with van der Waals surface area (Å²) in [7, 11) is 0. The third-order valence-corrected chi connectivity index (χ3v) is 3.88. The Bertz CT molecular complexity index is 323. The molecule has 1 fully saturated rings. The molecule has 1 aromatic rings. The van der Waals surface area contributed by atoms with Crippen LogP contribution in [0.2, 0.25) is 0 Å². The number of rotatable bonds is 1. The van der Waals surface area contributed by atoms with Gasteiger partial charge in [0.05, 0.1) is 0 Å². The zero-order valence-corrected chi connectivity index (χ0v) is 10.3. The average molecular weight is 202 g/mol. The Morgan fingerprint density at radius 2 is 1.40 bits per heavy atom. The first-order valence-electron chi connectivity index (χ1n) is 6.19. The molecule has 0 amide bonds. The van der Waals surface area contributed by atoms with Gasteiger partial charge in [-0.05, 0) is 37.7 Å². The van der Waals surface area contributed by atoms with Crippen molar-refractivity contribution < 1.29 is 0 Å². The van der Waals surface area contributed by atoms with E-state index in [1.165, 1.54) is 43.2 Å². The van der Waals surface area contributed by atoms with Crippen molar-refractivity contribution in [2.45, 2.75) is 58.3 Å². The van der Waals surface area contributed by atoms with Gasteiger partial charge in [0, 0.05) is 0 Å². The van der Waals surface area contributed by atoms with E-state index in [-0.39, 0.29) is 0 Å². The molecule has 82 valence electrons. The Kier molecular flexibility index (Phi) is 2.86. The molecule has 0 radical (unpaired) electrons. The second-order valence-corrected chi connectivity index (χ2v) is 5.50. The van der Waals surface area contributed by atoms with Crippen molar-refractivity contribution in [3.05, 3.63) is 34.9 Å². The number of aryl methyl sites for hydroxylation is 2. The fourth-order valence-corrected chi connectivity index (χ4v) is 2.94. The summed E-state index contributed by atoms with van der Waals surface area (Å²) in [6.07, 6.45) is 6.99. The van der Waals surface area contributed by atoms with Gasteiger partial charge in [-0.3, -0.25) is 0 Å². The first-order valence-corrected chi connectivity index (χ1v) is 6.19. The van der Waals surface area contributed by atoms with Crippen molar-refractivity contribution in [3.8, 4) is 0 Å². The van der Waals surface area contributed by atoms with E-state index in [9.17, 15) is 0 Å². The van der Waals surface area contributed by atoms with Crippen LogP contribution in [-0.2, 0) is 5.41 Å². The summed E-state index contributed by atoms with van der Waals surface area (Å²) in [6, 6.07) is 7.05. The molecule has 0 heterocycles. The third kappa shape index (κ3) is 2.25. The van der Waals surface area contributed by atoms with Gasteiger partial charge in [0.1, 0.15) is 0 Å². The minimum absolute atomic E-state index is 0.453. The second kappa shape index (κ2) is 4.00. The molecule has 0 heteroatoms. The average Bonchev–Trinajstić information content (AvgIpc) is 2.17. The molecule has 0 nitrogen and oxygen atoms in total. The Hall–Kier alpha value is -0.780. The first kappa shape index (κ1) is 10.7. The fourth-order valence-electron chi connectivity index (χ4n) is 2.94. The Morgan fingerprint density at radius 1 is 0.867 bits per heavy atom. The van der Waals surface area contributed by atoms with Crippen molar-refractivity contribution in [2.75, 3.05) is 0 Å². The molecular formula is C15H22. The van der Waals surface area contributed by atoms with Crippen LogP contribution in [0, 0.1) is 13.8 Å². The Labute approximate surface area is 93.7 Å². The molecule has 0 spiro atoms. The molecule has 1 saturated carbocycles. The van der Waals surface area contributed by atoms with Crippen LogP contribution in [0.4, 0.5) is 0 Å².